The van der Waals surface area contributed by atoms with Gasteiger partial charge in [-0.2, -0.15) is 0 Å². The second kappa shape index (κ2) is 5.12. The Hall–Kier alpha value is -0.700. The van der Waals surface area contributed by atoms with E-state index in [1.54, 1.807) is 0 Å². The maximum absolute atomic E-state index is 11.3. The van der Waals surface area contributed by atoms with Gasteiger partial charge in [-0.3, -0.25) is 0 Å². The maximum Gasteiger partial charge on any atom is 0.125 e. The number of carbonyl (C=O) groups excluding carboxylic acids is 2. The standard InChI is InChI=1S/C15H25NO2/c1-10-5-11-6-12(8-15(2,7-11)9-18)14(10)13(16)3-4-17/h4,9-14H,3,5-8,16H2,1-2H3. The van der Waals surface area contributed by atoms with Crippen molar-refractivity contribution in [2.24, 2.45) is 34.8 Å². The predicted molar refractivity (Wildman–Crippen MR) is 70.9 cm³/mol. The smallest absolute Gasteiger partial charge is 0.125 e. The van der Waals surface area contributed by atoms with Crippen LogP contribution in [-0.4, -0.2) is 18.6 Å². The quantitative estimate of drug-likeness (QED) is 0.779. The average molecular weight is 251 g/mol. The SMILES string of the molecule is CC1CC2CC(CC(C)(C=O)C2)C1C(N)CC=O. The Morgan fingerprint density at radius 1 is 1.33 bits per heavy atom. The summed E-state index contributed by atoms with van der Waals surface area (Å²) < 4.78 is 0. The topological polar surface area (TPSA) is 60.2 Å². The molecule has 18 heavy (non-hydrogen) atoms. The van der Waals surface area contributed by atoms with Crippen LogP contribution in [0.5, 0.6) is 0 Å². The van der Waals surface area contributed by atoms with Crippen molar-refractivity contribution >= 4 is 12.6 Å². The Kier molecular flexibility index (Phi) is 3.90. The van der Waals surface area contributed by atoms with Gasteiger partial charge in [0.25, 0.3) is 0 Å². The van der Waals surface area contributed by atoms with Crippen molar-refractivity contribution in [2.75, 3.05) is 0 Å². The van der Waals surface area contributed by atoms with Gasteiger partial charge in [-0.25, -0.2) is 0 Å². The van der Waals surface area contributed by atoms with Crippen molar-refractivity contribution in [1.29, 1.82) is 0 Å². The van der Waals surface area contributed by atoms with Crippen molar-refractivity contribution < 1.29 is 9.59 Å². The Balaban J connectivity index is 2.16. The second-order valence-electron chi connectivity index (χ2n) is 6.90. The highest BCUT2D eigenvalue weighted by Crippen LogP contribution is 2.52. The Morgan fingerprint density at radius 2 is 2.06 bits per heavy atom. The van der Waals surface area contributed by atoms with Gasteiger partial charge in [-0.15, -0.1) is 0 Å². The van der Waals surface area contributed by atoms with E-state index >= 15 is 0 Å². The summed E-state index contributed by atoms with van der Waals surface area (Å²) in [6.45, 7) is 4.34. The van der Waals surface area contributed by atoms with Crippen LogP contribution in [0.1, 0.15) is 46.0 Å². The van der Waals surface area contributed by atoms with Gasteiger partial charge in [-0.1, -0.05) is 13.8 Å². The number of fused-ring (bicyclic) bond motifs is 2. The van der Waals surface area contributed by atoms with Crippen LogP contribution in [0.2, 0.25) is 0 Å². The summed E-state index contributed by atoms with van der Waals surface area (Å²) in [5, 5.41) is 0. The number of aldehydes is 2. The van der Waals surface area contributed by atoms with Crippen molar-refractivity contribution in [1.82, 2.24) is 0 Å². The predicted octanol–water partition coefficient (Wildman–Crippen LogP) is 2.18. The lowest BCUT2D eigenvalue weighted by molar-refractivity contribution is -0.122. The molecule has 0 aromatic heterocycles. The molecule has 0 saturated heterocycles. The highest BCUT2D eigenvalue weighted by Gasteiger charge is 2.46. The molecule has 0 radical (unpaired) electrons. The van der Waals surface area contributed by atoms with E-state index in [2.05, 4.69) is 13.8 Å². The van der Waals surface area contributed by atoms with Crippen molar-refractivity contribution in [3.63, 3.8) is 0 Å². The van der Waals surface area contributed by atoms with Crippen molar-refractivity contribution in [2.45, 2.75) is 52.0 Å². The number of nitrogens with two attached hydrogens (primary N) is 1. The van der Waals surface area contributed by atoms with Crippen LogP contribution in [0.15, 0.2) is 0 Å². The van der Waals surface area contributed by atoms with Crippen molar-refractivity contribution in [3.8, 4) is 0 Å². The summed E-state index contributed by atoms with van der Waals surface area (Å²) in [7, 11) is 0. The average Bonchev–Trinajstić information content (AvgIpc) is 2.28. The van der Waals surface area contributed by atoms with Crippen LogP contribution in [0.25, 0.3) is 0 Å². The molecule has 2 fully saturated rings. The summed E-state index contributed by atoms with van der Waals surface area (Å²) in [6, 6.07) is -0.0301. The molecule has 0 aromatic rings. The minimum Gasteiger partial charge on any atom is -0.327 e. The summed E-state index contributed by atoms with van der Waals surface area (Å²) in [5.41, 5.74) is 6.04. The first-order chi connectivity index (χ1) is 8.49. The molecule has 3 nitrogen and oxygen atoms in total. The molecule has 2 bridgehead atoms. The molecule has 0 spiro atoms. The Bertz CT molecular complexity index is 328. The third kappa shape index (κ3) is 2.51. The highest BCUT2D eigenvalue weighted by atomic mass is 16.1. The molecule has 102 valence electrons. The molecule has 2 saturated carbocycles. The Morgan fingerprint density at radius 3 is 2.67 bits per heavy atom. The zero-order valence-electron chi connectivity index (χ0n) is 11.5. The van der Waals surface area contributed by atoms with Gasteiger partial charge in [-0.05, 0) is 49.4 Å². The first kappa shape index (κ1) is 13.7. The summed E-state index contributed by atoms with van der Waals surface area (Å²) in [4.78, 5) is 22.0. The monoisotopic (exact) mass is 251 g/mol. The highest BCUT2D eigenvalue weighted by molar-refractivity contribution is 5.59. The molecule has 0 aromatic carbocycles. The van der Waals surface area contributed by atoms with Crippen LogP contribution in [0.4, 0.5) is 0 Å². The molecular formula is C15H25NO2. The van der Waals surface area contributed by atoms with E-state index in [0.717, 1.165) is 31.8 Å². The fourth-order valence-electron chi connectivity index (χ4n) is 4.69. The van der Waals surface area contributed by atoms with Gasteiger partial charge < -0.3 is 15.3 Å². The van der Waals surface area contributed by atoms with Crippen LogP contribution in [-0.2, 0) is 9.59 Å². The van der Waals surface area contributed by atoms with E-state index in [4.69, 9.17) is 5.73 Å². The first-order valence-corrected chi connectivity index (χ1v) is 7.14. The lowest BCUT2D eigenvalue weighted by Gasteiger charge is -2.50. The van der Waals surface area contributed by atoms with E-state index in [1.807, 2.05) is 0 Å². The van der Waals surface area contributed by atoms with Crippen LogP contribution < -0.4 is 5.73 Å². The number of rotatable bonds is 4. The van der Waals surface area contributed by atoms with Gasteiger partial charge in [0.2, 0.25) is 0 Å². The zero-order valence-corrected chi connectivity index (χ0v) is 11.5. The fraction of sp³-hybridized carbons (Fsp3) is 0.867. The van der Waals surface area contributed by atoms with Gasteiger partial charge in [0, 0.05) is 17.9 Å². The molecule has 0 heterocycles. The number of hydrogen-bond acceptors (Lipinski definition) is 3. The Labute approximate surface area is 109 Å². The largest absolute Gasteiger partial charge is 0.327 e. The first-order valence-electron chi connectivity index (χ1n) is 7.14. The minimum atomic E-state index is -0.160. The van der Waals surface area contributed by atoms with E-state index in [0.29, 0.717) is 30.1 Å². The minimum absolute atomic E-state index is 0.0301. The molecule has 6 unspecified atom stereocenters. The lowest BCUT2D eigenvalue weighted by atomic mass is 9.54. The van der Waals surface area contributed by atoms with Gasteiger partial charge in [0.1, 0.15) is 12.6 Å². The maximum atomic E-state index is 11.3. The molecule has 2 rings (SSSR count). The fourth-order valence-corrected chi connectivity index (χ4v) is 4.69. The molecule has 2 aliphatic rings. The molecule has 2 aliphatic carbocycles. The molecular weight excluding hydrogens is 226 g/mol. The summed E-state index contributed by atoms with van der Waals surface area (Å²) in [5.74, 6) is 2.19. The number of hydrogen-bond donors (Lipinski definition) is 1. The van der Waals surface area contributed by atoms with Crippen LogP contribution in [0, 0.1) is 29.1 Å². The van der Waals surface area contributed by atoms with Crippen LogP contribution in [0.3, 0.4) is 0 Å². The molecule has 0 amide bonds. The van der Waals surface area contributed by atoms with Crippen LogP contribution >= 0.6 is 0 Å². The normalized spacial score (nSPS) is 45.3. The summed E-state index contributed by atoms with van der Waals surface area (Å²) in [6.07, 6.45) is 6.88. The number of carbonyl (C=O) groups is 2. The third-order valence-corrected chi connectivity index (χ3v) is 5.17. The molecule has 2 N–H and O–H groups in total. The zero-order chi connectivity index (χ0) is 13.3. The van der Waals surface area contributed by atoms with E-state index in [9.17, 15) is 9.59 Å². The molecule has 3 heteroatoms. The summed E-state index contributed by atoms with van der Waals surface area (Å²) >= 11 is 0. The van der Waals surface area contributed by atoms with E-state index < -0.39 is 0 Å². The van der Waals surface area contributed by atoms with E-state index in [-0.39, 0.29) is 11.5 Å². The lowest BCUT2D eigenvalue weighted by Crippen LogP contribution is -2.48. The second-order valence-corrected chi connectivity index (χ2v) is 6.90. The van der Waals surface area contributed by atoms with Gasteiger partial charge in [0.15, 0.2) is 0 Å². The van der Waals surface area contributed by atoms with Gasteiger partial charge in [0.05, 0.1) is 0 Å². The van der Waals surface area contributed by atoms with Crippen molar-refractivity contribution in [3.05, 3.63) is 0 Å². The third-order valence-electron chi connectivity index (χ3n) is 5.17. The molecule has 6 atom stereocenters. The molecule has 0 aliphatic heterocycles. The van der Waals surface area contributed by atoms with E-state index in [1.165, 1.54) is 6.42 Å². The van der Waals surface area contributed by atoms with Gasteiger partial charge >= 0.3 is 0 Å².